The molecule has 1 aromatic carbocycles. The molecule has 1 aliphatic heterocycles. The first-order valence-corrected chi connectivity index (χ1v) is 9.06. The van der Waals surface area contributed by atoms with E-state index in [4.69, 9.17) is 11.6 Å². The highest BCUT2D eigenvalue weighted by molar-refractivity contribution is 6.49. The van der Waals surface area contributed by atoms with E-state index in [-0.39, 0.29) is 16.6 Å². The fraction of sp³-hybridized carbons (Fsp3) is 0.474. The fourth-order valence-corrected chi connectivity index (χ4v) is 3.70. The second-order valence-electron chi connectivity index (χ2n) is 6.40. The third kappa shape index (κ3) is 3.26. The molecule has 0 spiro atoms. The smallest absolute Gasteiger partial charge is 0.211 e. The highest BCUT2D eigenvalue weighted by Crippen LogP contribution is 2.30. The van der Waals surface area contributed by atoms with Gasteiger partial charge in [0, 0.05) is 37.3 Å². The molecule has 0 bridgehead atoms. The van der Waals surface area contributed by atoms with Crippen LogP contribution in [0.3, 0.4) is 0 Å². The van der Waals surface area contributed by atoms with Crippen molar-refractivity contribution in [1.29, 1.82) is 0 Å². The number of ketones is 2. The quantitative estimate of drug-likeness (QED) is 0.767. The Bertz CT molecular complexity index is 676. The Morgan fingerprint density at radius 3 is 2.21 bits per heavy atom. The number of piperazine rings is 1. The molecule has 2 aliphatic rings. The number of rotatable bonds is 5. The zero-order valence-corrected chi connectivity index (χ0v) is 14.8. The third-order valence-electron chi connectivity index (χ3n) is 4.81. The predicted molar refractivity (Wildman–Crippen MR) is 95.5 cm³/mol. The lowest BCUT2D eigenvalue weighted by atomic mass is 9.91. The molecule has 1 heterocycles. The summed E-state index contributed by atoms with van der Waals surface area (Å²) < 4.78 is 0. The van der Waals surface area contributed by atoms with E-state index < -0.39 is 0 Å². The first kappa shape index (κ1) is 17.2. The molecule has 3 rings (SSSR count). The maximum absolute atomic E-state index is 12.8. The van der Waals surface area contributed by atoms with Crippen LogP contribution >= 0.6 is 11.6 Å². The monoisotopic (exact) mass is 346 g/mol. The van der Waals surface area contributed by atoms with Crippen LogP contribution in [0.15, 0.2) is 35.0 Å². The van der Waals surface area contributed by atoms with Gasteiger partial charge in [0.05, 0.1) is 0 Å². The Morgan fingerprint density at radius 1 is 0.958 bits per heavy atom. The maximum atomic E-state index is 12.8. The van der Waals surface area contributed by atoms with E-state index in [9.17, 15) is 9.59 Å². The minimum absolute atomic E-state index is 0.0677. The highest BCUT2D eigenvalue weighted by Gasteiger charge is 2.35. The zero-order chi connectivity index (χ0) is 17.1. The minimum atomic E-state index is -0.243. The Balaban J connectivity index is 1.73. The Morgan fingerprint density at radius 2 is 1.58 bits per heavy atom. The van der Waals surface area contributed by atoms with Gasteiger partial charge >= 0.3 is 0 Å². The number of benzene rings is 1. The number of Topliss-reactive ketones (excluding diaryl/α,β-unsaturated/α-hetero) is 2. The molecule has 128 valence electrons. The normalized spacial score (nSPS) is 19.0. The van der Waals surface area contributed by atoms with Crippen LogP contribution in [0.25, 0.3) is 0 Å². The summed E-state index contributed by atoms with van der Waals surface area (Å²) in [6, 6.07) is 6.92. The predicted octanol–water partition coefficient (Wildman–Crippen LogP) is 3.32. The number of allylic oxidation sites excluding steroid dienone is 2. The molecule has 4 nitrogen and oxygen atoms in total. The second-order valence-corrected chi connectivity index (χ2v) is 6.78. The molecule has 24 heavy (non-hydrogen) atoms. The number of halogens is 1. The van der Waals surface area contributed by atoms with Crippen LogP contribution in [-0.4, -0.2) is 54.1 Å². The van der Waals surface area contributed by atoms with E-state index in [2.05, 4.69) is 11.8 Å². The molecule has 0 aromatic heterocycles. The molecule has 1 aromatic rings. The second kappa shape index (κ2) is 7.49. The van der Waals surface area contributed by atoms with Crippen molar-refractivity contribution in [3.8, 4) is 0 Å². The number of hydrogen-bond donors (Lipinski definition) is 0. The van der Waals surface area contributed by atoms with Gasteiger partial charge in [-0.1, -0.05) is 55.6 Å². The standard InChI is InChI=1S/C19H23ClN2O2/c1-2-3-6-9-21-10-12-22(13-11-21)17-16(20)18(23)14-7-4-5-8-15(14)19(17)24/h4-5,7-8H,2-3,6,9-13H2,1H3. The first-order valence-electron chi connectivity index (χ1n) is 8.69. The van der Waals surface area contributed by atoms with Gasteiger partial charge in [-0.2, -0.15) is 0 Å². The van der Waals surface area contributed by atoms with E-state index in [1.807, 2.05) is 4.90 Å². The van der Waals surface area contributed by atoms with Crippen molar-refractivity contribution in [1.82, 2.24) is 9.80 Å². The van der Waals surface area contributed by atoms with E-state index >= 15 is 0 Å². The van der Waals surface area contributed by atoms with Crippen LogP contribution in [0.4, 0.5) is 0 Å². The SMILES string of the molecule is CCCCCN1CCN(C2=C(Cl)C(=O)c3ccccc3C2=O)CC1. The lowest BCUT2D eigenvalue weighted by Crippen LogP contribution is -2.48. The molecule has 0 radical (unpaired) electrons. The van der Waals surface area contributed by atoms with Crippen LogP contribution in [0.1, 0.15) is 46.9 Å². The van der Waals surface area contributed by atoms with E-state index in [0.29, 0.717) is 16.8 Å². The van der Waals surface area contributed by atoms with Gasteiger partial charge in [-0.05, 0) is 13.0 Å². The van der Waals surface area contributed by atoms with Crippen LogP contribution in [0.2, 0.25) is 0 Å². The van der Waals surface area contributed by atoms with Crippen molar-refractivity contribution in [3.05, 3.63) is 46.1 Å². The summed E-state index contributed by atoms with van der Waals surface area (Å²) in [7, 11) is 0. The summed E-state index contributed by atoms with van der Waals surface area (Å²) in [5.41, 5.74) is 1.26. The average molecular weight is 347 g/mol. The topological polar surface area (TPSA) is 40.6 Å². The highest BCUT2D eigenvalue weighted by atomic mass is 35.5. The summed E-state index contributed by atoms with van der Waals surface area (Å²) in [5, 5.41) is 0.0677. The van der Waals surface area contributed by atoms with Crippen molar-refractivity contribution in [2.75, 3.05) is 32.7 Å². The fourth-order valence-electron chi connectivity index (χ4n) is 3.40. The summed E-state index contributed by atoms with van der Waals surface area (Å²) in [6.45, 7) is 6.58. The molecular weight excluding hydrogens is 324 g/mol. The molecule has 0 N–H and O–H groups in total. The summed E-state index contributed by atoms with van der Waals surface area (Å²) in [6.07, 6.45) is 3.68. The molecule has 0 saturated carbocycles. The van der Waals surface area contributed by atoms with Crippen molar-refractivity contribution in [2.24, 2.45) is 0 Å². The van der Waals surface area contributed by atoms with Crippen molar-refractivity contribution >= 4 is 23.2 Å². The Hall–Kier alpha value is -1.65. The number of carbonyl (C=O) groups excluding carboxylic acids is 2. The van der Waals surface area contributed by atoms with E-state index in [1.54, 1.807) is 24.3 Å². The number of carbonyl (C=O) groups is 2. The van der Waals surface area contributed by atoms with Crippen LogP contribution in [0, 0.1) is 0 Å². The minimum Gasteiger partial charge on any atom is -0.364 e. The molecular formula is C19H23ClN2O2. The van der Waals surface area contributed by atoms with Crippen LogP contribution in [-0.2, 0) is 0 Å². The van der Waals surface area contributed by atoms with Crippen LogP contribution < -0.4 is 0 Å². The lowest BCUT2D eigenvalue weighted by molar-refractivity contribution is 0.0910. The number of hydrogen-bond acceptors (Lipinski definition) is 4. The molecule has 1 saturated heterocycles. The van der Waals surface area contributed by atoms with Gasteiger partial charge in [-0.3, -0.25) is 14.5 Å². The summed E-state index contributed by atoms with van der Waals surface area (Å²) in [5.74, 6) is -0.373. The first-order chi connectivity index (χ1) is 11.6. The van der Waals surface area contributed by atoms with Gasteiger partial charge in [0.15, 0.2) is 0 Å². The van der Waals surface area contributed by atoms with E-state index in [0.717, 1.165) is 32.7 Å². The van der Waals surface area contributed by atoms with E-state index in [1.165, 1.54) is 19.3 Å². The molecule has 1 fully saturated rings. The van der Waals surface area contributed by atoms with Gasteiger partial charge in [-0.15, -0.1) is 0 Å². The largest absolute Gasteiger partial charge is 0.364 e. The van der Waals surface area contributed by atoms with Gasteiger partial charge in [-0.25, -0.2) is 0 Å². The molecule has 0 amide bonds. The maximum Gasteiger partial charge on any atom is 0.211 e. The Kier molecular flexibility index (Phi) is 5.36. The molecule has 0 unspecified atom stereocenters. The van der Waals surface area contributed by atoms with Crippen LogP contribution in [0.5, 0.6) is 0 Å². The zero-order valence-electron chi connectivity index (χ0n) is 14.1. The van der Waals surface area contributed by atoms with Gasteiger partial charge < -0.3 is 4.90 Å². The van der Waals surface area contributed by atoms with Gasteiger partial charge in [0.2, 0.25) is 11.6 Å². The molecule has 5 heteroatoms. The van der Waals surface area contributed by atoms with Gasteiger partial charge in [0.25, 0.3) is 0 Å². The summed E-state index contributed by atoms with van der Waals surface area (Å²) >= 11 is 6.28. The third-order valence-corrected chi connectivity index (χ3v) is 5.16. The summed E-state index contributed by atoms with van der Waals surface area (Å²) in [4.78, 5) is 29.7. The molecule has 1 aliphatic carbocycles. The van der Waals surface area contributed by atoms with Crippen molar-refractivity contribution < 1.29 is 9.59 Å². The van der Waals surface area contributed by atoms with Gasteiger partial charge in [0.1, 0.15) is 10.7 Å². The number of nitrogens with zero attached hydrogens (tertiary/aromatic N) is 2. The average Bonchev–Trinajstić information content (AvgIpc) is 2.61. The van der Waals surface area contributed by atoms with Crippen molar-refractivity contribution in [3.63, 3.8) is 0 Å². The number of unbranched alkanes of at least 4 members (excludes halogenated alkanes) is 2. The van der Waals surface area contributed by atoms with Crippen molar-refractivity contribution in [2.45, 2.75) is 26.2 Å². The Labute approximate surface area is 148 Å². The number of fused-ring (bicyclic) bond motifs is 1. The lowest BCUT2D eigenvalue weighted by Gasteiger charge is -2.38. The molecule has 0 atom stereocenters.